The highest BCUT2D eigenvalue weighted by atomic mass is 35.5. The summed E-state index contributed by atoms with van der Waals surface area (Å²) in [6, 6.07) is 6.07. The van der Waals surface area contributed by atoms with Crippen LogP contribution in [0, 0.1) is 0 Å². The molecule has 102 valence electrons. The molecule has 0 saturated heterocycles. The molecule has 0 fully saturated rings. The summed E-state index contributed by atoms with van der Waals surface area (Å²) in [5.41, 5.74) is 9.35. The number of nitrogen functional groups attached to an aromatic ring is 1. The molecule has 1 aromatic heterocycles. The Morgan fingerprint density at radius 2 is 2.21 bits per heavy atom. The van der Waals surface area contributed by atoms with Crippen molar-refractivity contribution in [2.24, 2.45) is 7.05 Å². The molecule has 0 radical (unpaired) electrons. The topological polar surface area (TPSA) is 72.9 Å². The lowest BCUT2D eigenvalue weighted by Crippen LogP contribution is -2.29. The van der Waals surface area contributed by atoms with E-state index >= 15 is 0 Å². The summed E-state index contributed by atoms with van der Waals surface area (Å²) < 4.78 is 0. The van der Waals surface area contributed by atoms with Crippen molar-refractivity contribution in [1.82, 2.24) is 20.2 Å². The monoisotopic (exact) mass is 280 g/mol. The van der Waals surface area contributed by atoms with Crippen LogP contribution < -0.4 is 10.6 Å². The van der Waals surface area contributed by atoms with Gasteiger partial charge >= 0.3 is 0 Å². The lowest BCUT2D eigenvalue weighted by molar-refractivity contribution is 0.624. The fourth-order valence-corrected chi connectivity index (χ4v) is 2.45. The molecule has 0 atom stereocenters. The Hall–Kier alpha value is -1.82. The van der Waals surface area contributed by atoms with Gasteiger partial charge in [-0.3, -0.25) is 0 Å². The Morgan fingerprint density at radius 3 is 2.95 bits per heavy atom. The summed E-state index contributed by atoms with van der Waals surface area (Å²) in [6.07, 6.45) is 2.16. The van der Waals surface area contributed by atoms with Crippen LogP contribution in [0.5, 0.6) is 0 Å². The molecule has 0 aliphatic carbocycles. The van der Waals surface area contributed by atoms with Crippen LogP contribution >= 0.6 is 12.4 Å². The molecular weight excluding hydrogens is 264 g/mol. The number of aromatic nitrogens is 4. The maximum atomic E-state index is 6.03. The number of tetrazole rings is 1. The molecule has 2 aromatic rings. The molecule has 2 N–H and O–H groups in total. The zero-order valence-corrected chi connectivity index (χ0v) is 11.6. The van der Waals surface area contributed by atoms with Crippen molar-refractivity contribution in [2.75, 3.05) is 17.2 Å². The van der Waals surface area contributed by atoms with Crippen LogP contribution in [0.3, 0.4) is 0 Å². The fraction of sp³-hybridized carbons (Fsp3) is 0.417. The first-order chi connectivity index (χ1) is 8.74. The number of anilines is 2. The fourth-order valence-electron chi connectivity index (χ4n) is 2.45. The van der Waals surface area contributed by atoms with Crippen molar-refractivity contribution in [1.29, 1.82) is 0 Å². The summed E-state index contributed by atoms with van der Waals surface area (Å²) >= 11 is 0. The lowest BCUT2D eigenvalue weighted by atomic mass is 10.00. The van der Waals surface area contributed by atoms with Crippen LogP contribution in [-0.2, 0) is 20.0 Å². The second-order valence-corrected chi connectivity index (χ2v) is 4.57. The first-order valence-corrected chi connectivity index (χ1v) is 6.09. The molecule has 1 aliphatic rings. The third kappa shape index (κ3) is 2.63. The van der Waals surface area contributed by atoms with Gasteiger partial charge in [-0.25, -0.2) is 0 Å². The molecule has 0 bridgehead atoms. The number of hydrogen-bond donors (Lipinski definition) is 1. The van der Waals surface area contributed by atoms with Gasteiger partial charge < -0.3 is 10.6 Å². The van der Waals surface area contributed by atoms with Crippen LogP contribution in [0.1, 0.15) is 17.8 Å². The van der Waals surface area contributed by atoms with Crippen LogP contribution in [0.4, 0.5) is 11.4 Å². The van der Waals surface area contributed by atoms with Crippen LogP contribution in [0.15, 0.2) is 18.2 Å². The van der Waals surface area contributed by atoms with Crippen LogP contribution in [0.2, 0.25) is 0 Å². The number of benzene rings is 1. The molecule has 0 amide bonds. The molecule has 2 heterocycles. The highest BCUT2D eigenvalue weighted by Gasteiger charge is 2.19. The zero-order chi connectivity index (χ0) is 12.5. The maximum Gasteiger partial charge on any atom is 0.193 e. The van der Waals surface area contributed by atoms with E-state index in [1.807, 2.05) is 12.1 Å². The van der Waals surface area contributed by atoms with Gasteiger partial charge in [0.2, 0.25) is 0 Å². The number of rotatable bonds is 2. The van der Waals surface area contributed by atoms with E-state index < -0.39 is 0 Å². The average molecular weight is 281 g/mol. The van der Waals surface area contributed by atoms with Crippen LogP contribution in [0.25, 0.3) is 0 Å². The van der Waals surface area contributed by atoms with Crippen LogP contribution in [-0.4, -0.2) is 26.8 Å². The number of nitrogens with two attached hydrogens (primary N) is 1. The minimum absolute atomic E-state index is 0. The smallest absolute Gasteiger partial charge is 0.193 e. The largest absolute Gasteiger partial charge is 0.398 e. The minimum atomic E-state index is 0. The Bertz CT molecular complexity index is 567. The van der Waals surface area contributed by atoms with Gasteiger partial charge in [0.25, 0.3) is 0 Å². The van der Waals surface area contributed by atoms with Gasteiger partial charge in [0.1, 0.15) is 0 Å². The third-order valence-corrected chi connectivity index (χ3v) is 3.27. The van der Waals surface area contributed by atoms with Gasteiger partial charge in [-0.2, -0.15) is 4.80 Å². The standard InChI is InChI=1S/C12H16N6.ClH/c1-17-15-12(14-16-17)8-18-7-3-4-9-10(13)5-2-6-11(9)18;/h2,5-6H,3-4,7-8,13H2,1H3;1H. The number of fused-ring (bicyclic) bond motifs is 1. The van der Waals surface area contributed by atoms with E-state index in [1.165, 1.54) is 16.0 Å². The molecule has 0 spiro atoms. The van der Waals surface area contributed by atoms with E-state index in [2.05, 4.69) is 26.4 Å². The van der Waals surface area contributed by atoms with Crippen molar-refractivity contribution >= 4 is 23.8 Å². The molecular formula is C12H17ClN6. The third-order valence-electron chi connectivity index (χ3n) is 3.27. The second-order valence-electron chi connectivity index (χ2n) is 4.57. The van der Waals surface area contributed by atoms with E-state index in [4.69, 9.17) is 5.73 Å². The van der Waals surface area contributed by atoms with Crippen molar-refractivity contribution < 1.29 is 0 Å². The summed E-state index contributed by atoms with van der Waals surface area (Å²) in [5, 5.41) is 12.1. The highest BCUT2D eigenvalue weighted by Crippen LogP contribution is 2.31. The van der Waals surface area contributed by atoms with Gasteiger partial charge in [-0.15, -0.1) is 22.6 Å². The van der Waals surface area contributed by atoms with Crippen molar-refractivity contribution in [3.63, 3.8) is 0 Å². The van der Waals surface area contributed by atoms with E-state index in [-0.39, 0.29) is 12.4 Å². The molecule has 7 heteroatoms. The van der Waals surface area contributed by atoms with E-state index in [9.17, 15) is 0 Å². The molecule has 3 rings (SSSR count). The summed E-state index contributed by atoms with van der Waals surface area (Å²) in [6.45, 7) is 1.69. The Kier molecular flexibility index (Phi) is 3.90. The SMILES string of the molecule is Cl.Cn1nnc(CN2CCCc3c(N)cccc32)n1. The minimum Gasteiger partial charge on any atom is -0.398 e. The first kappa shape index (κ1) is 13.6. The number of aryl methyl sites for hydroxylation is 1. The molecule has 1 aliphatic heterocycles. The Balaban J connectivity index is 0.00000133. The number of hydrogen-bond acceptors (Lipinski definition) is 5. The van der Waals surface area contributed by atoms with Gasteiger partial charge in [0.15, 0.2) is 5.82 Å². The number of nitrogens with zero attached hydrogens (tertiary/aromatic N) is 5. The molecule has 0 saturated carbocycles. The maximum absolute atomic E-state index is 6.03. The Labute approximate surface area is 118 Å². The quantitative estimate of drug-likeness (QED) is 0.836. The second kappa shape index (κ2) is 5.44. The summed E-state index contributed by atoms with van der Waals surface area (Å²) in [4.78, 5) is 3.76. The zero-order valence-electron chi connectivity index (χ0n) is 10.8. The lowest BCUT2D eigenvalue weighted by Gasteiger charge is -2.30. The van der Waals surface area contributed by atoms with Gasteiger partial charge in [0.05, 0.1) is 13.6 Å². The molecule has 19 heavy (non-hydrogen) atoms. The molecule has 0 unspecified atom stereocenters. The molecule has 6 nitrogen and oxygen atoms in total. The first-order valence-electron chi connectivity index (χ1n) is 6.09. The van der Waals surface area contributed by atoms with Crippen molar-refractivity contribution in [3.05, 3.63) is 29.6 Å². The average Bonchev–Trinajstić information content (AvgIpc) is 2.76. The normalized spacial score (nSPS) is 13.8. The number of halogens is 1. The van der Waals surface area contributed by atoms with E-state index in [1.54, 1.807) is 7.05 Å². The van der Waals surface area contributed by atoms with Gasteiger partial charge in [-0.1, -0.05) is 6.07 Å². The predicted molar refractivity (Wildman–Crippen MR) is 76.3 cm³/mol. The molecule has 1 aromatic carbocycles. The summed E-state index contributed by atoms with van der Waals surface area (Å²) in [5.74, 6) is 0.743. The van der Waals surface area contributed by atoms with E-state index in [0.29, 0.717) is 6.54 Å². The Morgan fingerprint density at radius 1 is 1.37 bits per heavy atom. The summed E-state index contributed by atoms with van der Waals surface area (Å²) in [7, 11) is 1.78. The highest BCUT2D eigenvalue weighted by molar-refractivity contribution is 5.85. The van der Waals surface area contributed by atoms with Gasteiger partial charge in [0, 0.05) is 17.9 Å². The van der Waals surface area contributed by atoms with E-state index in [0.717, 1.165) is 30.9 Å². The van der Waals surface area contributed by atoms with Gasteiger partial charge in [-0.05, 0) is 35.8 Å². The van der Waals surface area contributed by atoms with Crippen molar-refractivity contribution in [3.8, 4) is 0 Å². The predicted octanol–water partition coefficient (Wildman–Crippen LogP) is 1.17. The van der Waals surface area contributed by atoms with Crippen molar-refractivity contribution in [2.45, 2.75) is 19.4 Å².